The highest BCUT2D eigenvalue weighted by atomic mass is 19.4. The summed E-state index contributed by atoms with van der Waals surface area (Å²) in [6.07, 6.45) is -3.31. The topological polar surface area (TPSA) is 102 Å². The van der Waals surface area contributed by atoms with Gasteiger partial charge in [-0.2, -0.15) is 18.2 Å². The summed E-state index contributed by atoms with van der Waals surface area (Å²) < 4.78 is 99.0. The Kier molecular flexibility index (Phi) is 5.24. The number of piperidine rings is 1. The summed E-state index contributed by atoms with van der Waals surface area (Å²) in [5, 5.41) is 14.3. The molecule has 15 heteroatoms. The second-order valence-corrected chi connectivity index (χ2v) is 8.90. The summed E-state index contributed by atoms with van der Waals surface area (Å²) in [6.45, 7) is -3.35. The number of halogens is 5. The van der Waals surface area contributed by atoms with Gasteiger partial charge in [-0.3, -0.25) is 4.79 Å². The van der Waals surface area contributed by atoms with E-state index in [1.807, 2.05) is 0 Å². The van der Waals surface area contributed by atoms with Crippen molar-refractivity contribution in [3.05, 3.63) is 30.5 Å². The number of fused-ring (bicyclic) bond motifs is 2. The molecule has 4 heterocycles. The zero-order valence-corrected chi connectivity index (χ0v) is 20.0. The third-order valence-electron chi connectivity index (χ3n) is 6.48. The minimum atomic E-state index is -4.54. The molecule has 38 heavy (non-hydrogen) atoms. The standard InChI is InChI=1S/C23H23F5N8O2/c1-12(23(26,27)28)36-17-10-14(4-5-16(17)31-33-36)15-6-9-35-19(15)20(38-3)30-21(32-35)29-18-7-8-34(13(2)37)11-22(18,24)25/h4-6,9-10,12,18H,7-8,11H2,1-3H3,(H,29,32)/t12-,18+/m0/s1/i2D3. The average Bonchev–Trinajstić information content (AvgIpc) is 3.51. The van der Waals surface area contributed by atoms with Crippen LogP contribution in [-0.4, -0.2) is 78.7 Å². The zero-order valence-electron chi connectivity index (χ0n) is 23.0. The molecule has 5 rings (SSSR count). The number of rotatable bonds is 5. The van der Waals surface area contributed by atoms with Crippen LogP contribution < -0.4 is 10.1 Å². The number of aromatic nitrogens is 6. The minimum Gasteiger partial charge on any atom is -0.479 e. The van der Waals surface area contributed by atoms with Crippen molar-refractivity contribution in [3.8, 4) is 17.0 Å². The van der Waals surface area contributed by atoms with Gasteiger partial charge in [0.25, 0.3) is 5.92 Å². The quantitative estimate of drug-likeness (QED) is 0.382. The second-order valence-electron chi connectivity index (χ2n) is 8.90. The molecule has 1 fully saturated rings. The van der Waals surface area contributed by atoms with E-state index in [4.69, 9.17) is 8.85 Å². The Morgan fingerprint density at radius 3 is 2.79 bits per heavy atom. The molecular weight excluding hydrogens is 515 g/mol. The van der Waals surface area contributed by atoms with Crippen molar-refractivity contribution in [3.63, 3.8) is 0 Å². The van der Waals surface area contributed by atoms with Gasteiger partial charge in [-0.25, -0.2) is 18.0 Å². The molecule has 0 bridgehead atoms. The molecule has 202 valence electrons. The molecule has 2 atom stereocenters. The molecule has 10 nitrogen and oxygen atoms in total. The number of hydrogen-bond donors (Lipinski definition) is 1. The summed E-state index contributed by atoms with van der Waals surface area (Å²) in [7, 11) is 1.31. The number of alkyl halides is 5. The number of methoxy groups -OCH3 is 1. The summed E-state index contributed by atoms with van der Waals surface area (Å²) in [5.41, 5.74) is 1.71. The highest BCUT2D eigenvalue weighted by molar-refractivity contribution is 5.89. The van der Waals surface area contributed by atoms with Crippen LogP contribution in [-0.2, 0) is 4.79 Å². The number of benzene rings is 1. The van der Waals surface area contributed by atoms with Gasteiger partial charge in [0, 0.05) is 29.3 Å². The van der Waals surface area contributed by atoms with Crippen molar-refractivity contribution in [1.29, 1.82) is 0 Å². The number of ether oxygens (including phenoxy) is 1. The van der Waals surface area contributed by atoms with Gasteiger partial charge in [-0.15, -0.1) is 10.2 Å². The lowest BCUT2D eigenvalue weighted by Gasteiger charge is -2.38. The van der Waals surface area contributed by atoms with Crippen LogP contribution in [0.4, 0.5) is 27.9 Å². The third-order valence-corrected chi connectivity index (χ3v) is 6.48. The van der Waals surface area contributed by atoms with Crippen LogP contribution in [0.25, 0.3) is 27.7 Å². The molecule has 1 saturated heterocycles. The van der Waals surface area contributed by atoms with Crippen LogP contribution in [0.2, 0.25) is 0 Å². The lowest BCUT2D eigenvalue weighted by Crippen LogP contribution is -2.55. The maximum absolute atomic E-state index is 14.9. The van der Waals surface area contributed by atoms with Gasteiger partial charge in [0.2, 0.25) is 17.7 Å². The lowest BCUT2D eigenvalue weighted by molar-refractivity contribution is -0.164. The van der Waals surface area contributed by atoms with Gasteiger partial charge in [-0.1, -0.05) is 11.3 Å². The summed E-state index contributed by atoms with van der Waals surface area (Å²) in [5.74, 6) is -5.06. The summed E-state index contributed by atoms with van der Waals surface area (Å²) >= 11 is 0. The molecule has 1 amide bonds. The monoisotopic (exact) mass is 541 g/mol. The van der Waals surface area contributed by atoms with E-state index in [0.29, 0.717) is 21.5 Å². The normalized spacial score (nSPS) is 20.1. The molecule has 0 unspecified atom stereocenters. The molecule has 0 saturated carbocycles. The number of nitrogens with zero attached hydrogens (tertiary/aromatic N) is 7. The first-order valence-corrected chi connectivity index (χ1v) is 11.4. The van der Waals surface area contributed by atoms with Crippen molar-refractivity contribution in [1.82, 2.24) is 34.5 Å². The number of hydrogen-bond acceptors (Lipinski definition) is 7. The number of anilines is 1. The van der Waals surface area contributed by atoms with Crippen molar-refractivity contribution in [2.45, 2.75) is 44.4 Å². The van der Waals surface area contributed by atoms with Gasteiger partial charge in [0.15, 0.2) is 0 Å². The van der Waals surface area contributed by atoms with E-state index in [2.05, 4.69) is 25.7 Å². The van der Waals surface area contributed by atoms with Crippen molar-refractivity contribution < 1.29 is 35.6 Å². The van der Waals surface area contributed by atoms with Crippen molar-refractivity contribution >= 4 is 28.4 Å². The number of likely N-dealkylation sites (tertiary alicyclic amines) is 1. The maximum atomic E-state index is 14.9. The number of carbonyl (C=O) groups excluding carboxylic acids is 1. The molecule has 3 aromatic heterocycles. The first-order valence-electron chi connectivity index (χ1n) is 12.9. The fourth-order valence-corrected chi connectivity index (χ4v) is 4.40. The SMILES string of the molecule is [2H]C([2H])([2H])C(=O)N1CC[C@@H](Nc2nc(OC)c3c(-c4ccc5nnn([C@@H](C)C(F)(F)F)c5c4)ccn3n2)C(F)(F)C1. The maximum Gasteiger partial charge on any atom is 0.410 e. The van der Waals surface area contributed by atoms with Crippen LogP contribution in [0.5, 0.6) is 5.88 Å². The van der Waals surface area contributed by atoms with Gasteiger partial charge in [0.1, 0.15) is 17.1 Å². The molecule has 0 radical (unpaired) electrons. The lowest BCUT2D eigenvalue weighted by atomic mass is 10.0. The highest BCUT2D eigenvalue weighted by Crippen LogP contribution is 2.36. The minimum absolute atomic E-state index is 0.00350. The Labute approximate surface area is 216 Å². The van der Waals surface area contributed by atoms with E-state index < -0.39 is 43.5 Å². The van der Waals surface area contributed by atoms with Gasteiger partial charge in [0.05, 0.1) is 25.2 Å². The molecule has 1 aliphatic rings. The van der Waals surface area contributed by atoms with Crippen LogP contribution in [0.1, 0.15) is 30.4 Å². The Balaban J connectivity index is 1.45. The first-order chi connectivity index (χ1) is 19.1. The fourth-order valence-electron chi connectivity index (χ4n) is 4.40. The Hall–Kier alpha value is -4.04. The van der Waals surface area contributed by atoms with E-state index >= 15 is 0 Å². The van der Waals surface area contributed by atoms with Crippen LogP contribution >= 0.6 is 0 Å². The first kappa shape index (κ1) is 22.0. The predicted molar refractivity (Wildman–Crippen MR) is 126 cm³/mol. The van der Waals surface area contributed by atoms with Gasteiger partial charge >= 0.3 is 6.18 Å². The number of nitrogens with one attached hydrogen (secondary N) is 1. The van der Waals surface area contributed by atoms with Gasteiger partial charge < -0.3 is 15.0 Å². The zero-order chi connectivity index (χ0) is 29.9. The van der Waals surface area contributed by atoms with E-state index in [9.17, 15) is 26.7 Å². The van der Waals surface area contributed by atoms with Crippen molar-refractivity contribution in [2.24, 2.45) is 0 Å². The number of carbonyl (C=O) groups is 1. The largest absolute Gasteiger partial charge is 0.479 e. The van der Waals surface area contributed by atoms with E-state index in [1.54, 1.807) is 12.1 Å². The predicted octanol–water partition coefficient (Wildman–Crippen LogP) is 3.94. The molecule has 1 aliphatic heterocycles. The average molecular weight is 541 g/mol. The molecule has 4 aromatic rings. The molecule has 0 aliphatic carbocycles. The van der Waals surface area contributed by atoms with Gasteiger partial charge in [-0.05, 0) is 37.1 Å². The molecule has 1 N–H and O–H groups in total. The molecule has 0 spiro atoms. The summed E-state index contributed by atoms with van der Waals surface area (Å²) in [4.78, 5) is 16.8. The molecule has 1 aromatic carbocycles. The van der Waals surface area contributed by atoms with E-state index in [-0.39, 0.29) is 35.8 Å². The Morgan fingerprint density at radius 1 is 1.32 bits per heavy atom. The molecular formula is C23H23F5N8O2. The van der Waals surface area contributed by atoms with E-state index in [0.717, 1.165) is 11.6 Å². The highest BCUT2D eigenvalue weighted by Gasteiger charge is 2.46. The third kappa shape index (κ3) is 4.45. The smallest absolute Gasteiger partial charge is 0.410 e. The van der Waals surface area contributed by atoms with Crippen LogP contribution in [0, 0.1) is 0 Å². The second kappa shape index (κ2) is 9.06. The number of amides is 1. The Bertz CT molecular complexity index is 1620. The Morgan fingerprint density at radius 2 is 2.11 bits per heavy atom. The van der Waals surface area contributed by atoms with Crippen LogP contribution in [0.3, 0.4) is 0 Å². The summed E-state index contributed by atoms with van der Waals surface area (Å²) in [6, 6.07) is 2.84. The van der Waals surface area contributed by atoms with Crippen LogP contribution in [0.15, 0.2) is 30.5 Å². The fraction of sp³-hybridized carbons (Fsp3) is 0.435. The van der Waals surface area contributed by atoms with E-state index in [1.165, 1.54) is 30.0 Å². The van der Waals surface area contributed by atoms with Crippen molar-refractivity contribution in [2.75, 3.05) is 25.5 Å².